The van der Waals surface area contributed by atoms with Gasteiger partial charge in [-0.1, -0.05) is 36.4 Å². The van der Waals surface area contributed by atoms with Gasteiger partial charge in [-0.3, -0.25) is 4.79 Å². The van der Waals surface area contributed by atoms with E-state index in [-0.39, 0.29) is 12.5 Å². The van der Waals surface area contributed by atoms with Gasteiger partial charge in [0.2, 0.25) is 0 Å². The third-order valence-corrected chi connectivity index (χ3v) is 3.80. The molecule has 2 aromatic rings. The second kappa shape index (κ2) is 7.75. The number of ether oxygens (including phenoxy) is 2. The average Bonchev–Trinajstić information content (AvgIpc) is 3.15. The van der Waals surface area contributed by atoms with Crippen molar-refractivity contribution in [3.05, 3.63) is 65.7 Å². The van der Waals surface area contributed by atoms with E-state index in [1.165, 1.54) is 0 Å². The molecule has 3 rings (SSSR count). The van der Waals surface area contributed by atoms with Crippen molar-refractivity contribution in [2.24, 2.45) is 0 Å². The number of carbonyl (C=O) groups is 2. The molecule has 0 saturated carbocycles. The van der Waals surface area contributed by atoms with Gasteiger partial charge in [-0.2, -0.15) is 0 Å². The molecule has 1 aliphatic rings. The number of rotatable bonds is 5. The van der Waals surface area contributed by atoms with Crippen LogP contribution < -0.4 is 5.32 Å². The molecular formula is C19H19NO4. The number of benzene rings is 2. The zero-order chi connectivity index (χ0) is 16.8. The molecule has 5 nitrogen and oxygen atoms in total. The Morgan fingerprint density at radius 2 is 1.96 bits per heavy atom. The maximum absolute atomic E-state index is 12.2. The van der Waals surface area contributed by atoms with Gasteiger partial charge in [0, 0.05) is 12.3 Å². The number of nitrogens with one attached hydrogen (secondary N) is 1. The summed E-state index contributed by atoms with van der Waals surface area (Å²) in [5.74, 6) is -0.602. The first-order valence-electron chi connectivity index (χ1n) is 7.96. The van der Waals surface area contributed by atoms with E-state index in [4.69, 9.17) is 9.47 Å². The van der Waals surface area contributed by atoms with Crippen molar-refractivity contribution in [3.8, 4) is 0 Å². The summed E-state index contributed by atoms with van der Waals surface area (Å²) >= 11 is 0. The second-order valence-corrected chi connectivity index (χ2v) is 5.63. The number of carbonyl (C=O) groups excluding carboxylic acids is 2. The van der Waals surface area contributed by atoms with E-state index in [1.54, 1.807) is 24.3 Å². The highest BCUT2D eigenvalue weighted by molar-refractivity contribution is 5.96. The molecule has 1 atom stereocenters. The van der Waals surface area contributed by atoms with Crippen LogP contribution in [0.15, 0.2) is 54.6 Å². The molecule has 24 heavy (non-hydrogen) atoms. The lowest BCUT2D eigenvalue weighted by Gasteiger charge is -2.11. The predicted octanol–water partition coefficient (Wildman–Crippen LogP) is 3.16. The second-order valence-electron chi connectivity index (χ2n) is 5.63. The summed E-state index contributed by atoms with van der Waals surface area (Å²) in [6, 6.07) is 16.2. The number of esters is 1. The van der Waals surface area contributed by atoms with Gasteiger partial charge in [-0.25, -0.2) is 4.79 Å². The first kappa shape index (κ1) is 16.2. The summed E-state index contributed by atoms with van der Waals surface area (Å²) in [5.41, 5.74) is 1.88. The van der Waals surface area contributed by atoms with E-state index in [0.29, 0.717) is 17.9 Å². The summed E-state index contributed by atoms with van der Waals surface area (Å²) < 4.78 is 10.6. The van der Waals surface area contributed by atoms with E-state index in [1.807, 2.05) is 30.3 Å². The molecule has 1 N–H and O–H groups in total. The summed E-state index contributed by atoms with van der Waals surface area (Å²) in [6.07, 6.45) is 1.22. The molecule has 124 valence electrons. The van der Waals surface area contributed by atoms with E-state index in [9.17, 15) is 9.59 Å². The van der Waals surface area contributed by atoms with E-state index < -0.39 is 12.1 Å². The van der Waals surface area contributed by atoms with Gasteiger partial charge < -0.3 is 14.8 Å². The molecule has 0 aromatic heterocycles. The normalized spacial score (nSPS) is 16.6. The average molecular weight is 325 g/mol. The van der Waals surface area contributed by atoms with Gasteiger partial charge in [0.1, 0.15) is 12.7 Å². The Kier molecular flexibility index (Phi) is 5.23. The first-order chi connectivity index (χ1) is 11.7. The van der Waals surface area contributed by atoms with E-state index in [2.05, 4.69) is 5.32 Å². The standard InChI is InChI=1S/C19H19NO4/c21-18(17-10-5-11-23-17)20-16-9-4-8-15(12-16)19(22)24-13-14-6-2-1-3-7-14/h1-4,6-9,12,17H,5,10-11,13H2,(H,20,21). The first-order valence-corrected chi connectivity index (χ1v) is 7.96. The van der Waals surface area contributed by atoms with Crippen LogP contribution in [0.2, 0.25) is 0 Å². The smallest absolute Gasteiger partial charge is 0.338 e. The Morgan fingerprint density at radius 3 is 2.71 bits per heavy atom. The Bertz CT molecular complexity index is 708. The minimum atomic E-state index is -0.424. The number of hydrogen-bond donors (Lipinski definition) is 1. The molecular weight excluding hydrogens is 306 g/mol. The largest absolute Gasteiger partial charge is 0.457 e. The molecule has 1 heterocycles. The van der Waals surface area contributed by atoms with Gasteiger partial charge in [0.15, 0.2) is 0 Å². The molecule has 0 aliphatic carbocycles. The highest BCUT2D eigenvalue weighted by Gasteiger charge is 2.23. The third kappa shape index (κ3) is 4.20. The minimum Gasteiger partial charge on any atom is -0.457 e. The molecule has 1 amide bonds. The van der Waals surface area contributed by atoms with Gasteiger partial charge in [-0.15, -0.1) is 0 Å². The Hall–Kier alpha value is -2.66. The SMILES string of the molecule is O=C(OCc1ccccc1)c1cccc(NC(=O)C2CCCO2)c1. The van der Waals surface area contributed by atoms with Crippen molar-refractivity contribution in [1.29, 1.82) is 0 Å². The van der Waals surface area contributed by atoms with Crippen LogP contribution in [0.25, 0.3) is 0 Å². The van der Waals surface area contributed by atoms with Crippen molar-refractivity contribution in [2.75, 3.05) is 11.9 Å². The van der Waals surface area contributed by atoms with Gasteiger partial charge >= 0.3 is 5.97 Å². The van der Waals surface area contributed by atoms with E-state index >= 15 is 0 Å². The van der Waals surface area contributed by atoms with Crippen molar-refractivity contribution in [1.82, 2.24) is 0 Å². The molecule has 1 saturated heterocycles. The predicted molar refractivity (Wildman–Crippen MR) is 89.6 cm³/mol. The lowest BCUT2D eigenvalue weighted by Crippen LogP contribution is -2.26. The van der Waals surface area contributed by atoms with Crippen molar-refractivity contribution >= 4 is 17.6 Å². The summed E-state index contributed by atoms with van der Waals surface area (Å²) in [6.45, 7) is 0.829. The highest BCUT2D eigenvalue weighted by atomic mass is 16.5. The lowest BCUT2D eigenvalue weighted by atomic mass is 10.2. The van der Waals surface area contributed by atoms with Crippen LogP contribution in [0, 0.1) is 0 Å². The molecule has 0 bridgehead atoms. The lowest BCUT2D eigenvalue weighted by molar-refractivity contribution is -0.124. The Balaban J connectivity index is 1.59. The topological polar surface area (TPSA) is 64.6 Å². The van der Waals surface area contributed by atoms with Crippen LogP contribution in [0.3, 0.4) is 0 Å². The molecule has 1 aliphatic heterocycles. The quantitative estimate of drug-likeness (QED) is 0.858. The van der Waals surface area contributed by atoms with Gasteiger partial charge in [-0.05, 0) is 36.6 Å². The van der Waals surface area contributed by atoms with E-state index in [0.717, 1.165) is 18.4 Å². The van der Waals surface area contributed by atoms with Crippen LogP contribution in [0.5, 0.6) is 0 Å². The zero-order valence-corrected chi connectivity index (χ0v) is 13.2. The summed E-state index contributed by atoms with van der Waals surface area (Å²) in [5, 5.41) is 2.78. The van der Waals surface area contributed by atoms with Crippen LogP contribution in [0.1, 0.15) is 28.8 Å². The fraction of sp³-hybridized carbons (Fsp3) is 0.263. The molecule has 5 heteroatoms. The molecule has 0 spiro atoms. The molecule has 1 fully saturated rings. The van der Waals surface area contributed by atoms with Crippen molar-refractivity contribution < 1.29 is 19.1 Å². The minimum absolute atomic E-state index is 0.178. The third-order valence-electron chi connectivity index (χ3n) is 3.80. The maximum Gasteiger partial charge on any atom is 0.338 e. The van der Waals surface area contributed by atoms with Crippen molar-refractivity contribution in [3.63, 3.8) is 0 Å². The van der Waals surface area contributed by atoms with Gasteiger partial charge in [0.05, 0.1) is 5.56 Å². The Morgan fingerprint density at radius 1 is 1.12 bits per heavy atom. The number of amides is 1. The fourth-order valence-corrected chi connectivity index (χ4v) is 2.54. The number of hydrogen-bond acceptors (Lipinski definition) is 4. The van der Waals surface area contributed by atoms with Crippen LogP contribution in [0.4, 0.5) is 5.69 Å². The zero-order valence-electron chi connectivity index (χ0n) is 13.2. The molecule has 0 radical (unpaired) electrons. The van der Waals surface area contributed by atoms with Crippen LogP contribution >= 0.6 is 0 Å². The summed E-state index contributed by atoms with van der Waals surface area (Å²) in [4.78, 5) is 24.2. The maximum atomic E-state index is 12.2. The molecule has 1 unspecified atom stereocenters. The Labute approximate surface area is 140 Å². The van der Waals surface area contributed by atoms with Crippen molar-refractivity contribution in [2.45, 2.75) is 25.6 Å². The fourth-order valence-electron chi connectivity index (χ4n) is 2.54. The summed E-state index contributed by atoms with van der Waals surface area (Å²) in [7, 11) is 0. The van der Waals surface area contributed by atoms with Gasteiger partial charge in [0.25, 0.3) is 5.91 Å². The number of anilines is 1. The monoisotopic (exact) mass is 325 g/mol. The highest BCUT2D eigenvalue weighted by Crippen LogP contribution is 2.17. The molecule has 2 aromatic carbocycles. The van der Waals surface area contributed by atoms with Crippen LogP contribution in [-0.2, 0) is 20.9 Å². The van der Waals surface area contributed by atoms with Crippen LogP contribution in [-0.4, -0.2) is 24.6 Å².